The first kappa shape index (κ1) is 22.4. The summed E-state index contributed by atoms with van der Waals surface area (Å²) in [7, 11) is 3.33. The Morgan fingerprint density at radius 3 is 2.00 bits per heavy atom. The second kappa shape index (κ2) is 9.39. The zero-order chi connectivity index (χ0) is 22.7. The maximum atomic E-state index is 11.1. The van der Waals surface area contributed by atoms with Gasteiger partial charge in [-0.1, -0.05) is 6.07 Å². The smallest absolute Gasteiger partial charge is 0.123 e. The van der Waals surface area contributed by atoms with Gasteiger partial charge in [-0.05, 0) is 90.7 Å². The van der Waals surface area contributed by atoms with Crippen LogP contribution in [0.3, 0.4) is 0 Å². The third-order valence-corrected chi connectivity index (χ3v) is 6.60. The van der Waals surface area contributed by atoms with E-state index in [2.05, 4.69) is 12.1 Å². The normalized spacial score (nSPS) is 13.8. The lowest BCUT2D eigenvalue weighted by atomic mass is 9.73. The number of benzene rings is 3. The van der Waals surface area contributed by atoms with Crippen molar-refractivity contribution in [1.29, 1.82) is 0 Å². The molecule has 0 spiro atoms. The summed E-state index contributed by atoms with van der Waals surface area (Å²) in [4.78, 5) is 0. The van der Waals surface area contributed by atoms with Crippen LogP contribution >= 0.6 is 0 Å². The number of methoxy groups -OCH3 is 2. The number of phenols is 1. The average Bonchev–Trinajstić information content (AvgIpc) is 3.08. The number of hydrogen-bond acceptors (Lipinski definition) is 5. The molecule has 4 rings (SSSR count). The van der Waals surface area contributed by atoms with Gasteiger partial charge in [-0.3, -0.25) is 0 Å². The van der Waals surface area contributed by atoms with Crippen LogP contribution in [0.25, 0.3) is 21.9 Å². The molecule has 0 heterocycles. The molecule has 0 aliphatic heterocycles. The molecule has 1 N–H and O–H groups in total. The van der Waals surface area contributed by atoms with Gasteiger partial charge < -0.3 is 24.1 Å². The predicted octanol–water partition coefficient (Wildman–Crippen LogP) is 5.68. The second-order valence-corrected chi connectivity index (χ2v) is 8.12. The summed E-state index contributed by atoms with van der Waals surface area (Å²) in [5, 5.41) is 12.9. The van der Waals surface area contributed by atoms with Crippen molar-refractivity contribution in [2.24, 2.45) is 0 Å². The third-order valence-electron chi connectivity index (χ3n) is 6.60. The zero-order valence-corrected chi connectivity index (χ0v) is 19.4. The molecule has 0 amide bonds. The molecule has 0 bridgehead atoms. The van der Waals surface area contributed by atoms with Gasteiger partial charge in [0.1, 0.15) is 17.2 Å². The van der Waals surface area contributed by atoms with Gasteiger partial charge in [0.15, 0.2) is 0 Å². The van der Waals surface area contributed by atoms with Crippen LogP contribution in [-0.4, -0.2) is 45.8 Å². The van der Waals surface area contributed by atoms with E-state index in [9.17, 15) is 5.11 Å². The Labute approximate surface area is 189 Å². The number of aromatic hydroxyl groups is 1. The van der Waals surface area contributed by atoms with Crippen molar-refractivity contribution in [2.45, 2.75) is 32.1 Å². The number of phenolic OH excluding ortho intramolecular Hbond substituents is 1. The van der Waals surface area contributed by atoms with Crippen LogP contribution in [0.15, 0.2) is 42.5 Å². The van der Waals surface area contributed by atoms with Gasteiger partial charge in [0.05, 0.1) is 14.2 Å². The molecule has 0 unspecified atom stereocenters. The first-order chi connectivity index (χ1) is 15.6. The highest BCUT2D eigenvalue weighted by molar-refractivity contribution is 6.05. The molecule has 0 fully saturated rings. The molecule has 3 aromatic rings. The van der Waals surface area contributed by atoms with E-state index in [4.69, 9.17) is 18.9 Å². The highest BCUT2D eigenvalue weighted by Crippen LogP contribution is 2.57. The summed E-state index contributed by atoms with van der Waals surface area (Å²) >= 11 is 0. The Bertz CT molecular complexity index is 1090. The molecule has 3 aromatic carbocycles. The summed E-state index contributed by atoms with van der Waals surface area (Å²) in [6, 6.07) is 14.1. The molecule has 170 valence electrons. The van der Waals surface area contributed by atoms with Crippen LogP contribution in [0.5, 0.6) is 17.2 Å². The van der Waals surface area contributed by atoms with Crippen molar-refractivity contribution in [3.05, 3.63) is 53.6 Å². The Balaban J connectivity index is 2.00. The Morgan fingerprint density at radius 1 is 0.750 bits per heavy atom. The van der Waals surface area contributed by atoms with Crippen LogP contribution in [0.1, 0.15) is 37.8 Å². The maximum absolute atomic E-state index is 11.1. The fraction of sp³-hybridized carbons (Fsp3) is 0.407. The monoisotopic (exact) mass is 436 g/mol. The second-order valence-electron chi connectivity index (χ2n) is 8.12. The predicted molar refractivity (Wildman–Crippen MR) is 127 cm³/mol. The van der Waals surface area contributed by atoms with Gasteiger partial charge in [-0.15, -0.1) is 0 Å². The highest BCUT2D eigenvalue weighted by atomic mass is 16.5. The molecule has 0 radical (unpaired) electrons. The fourth-order valence-electron chi connectivity index (χ4n) is 5.03. The quantitative estimate of drug-likeness (QED) is 0.414. The molecule has 0 aromatic heterocycles. The molecular weight excluding hydrogens is 404 g/mol. The van der Waals surface area contributed by atoms with Gasteiger partial charge in [-0.25, -0.2) is 0 Å². The Hall–Kier alpha value is -2.76. The zero-order valence-electron chi connectivity index (χ0n) is 19.4. The van der Waals surface area contributed by atoms with Crippen molar-refractivity contribution < 1.29 is 24.1 Å². The molecule has 5 nitrogen and oxygen atoms in total. The Morgan fingerprint density at radius 2 is 1.38 bits per heavy atom. The molecule has 1 aliphatic carbocycles. The van der Waals surface area contributed by atoms with E-state index in [0.717, 1.165) is 46.2 Å². The Kier molecular flexibility index (Phi) is 6.58. The fourth-order valence-corrected chi connectivity index (χ4v) is 5.03. The lowest BCUT2D eigenvalue weighted by Gasteiger charge is -2.32. The van der Waals surface area contributed by atoms with Crippen LogP contribution < -0.4 is 9.47 Å². The van der Waals surface area contributed by atoms with E-state index in [0.29, 0.717) is 26.4 Å². The summed E-state index contributed by atoms with van der Waals surface area (Å²) in [5.41, 5.74) is 4.31. The molecular formula is C27H32O5. The first-order valence-corrected chi connectivity index (χ1v) is 11.3. The van der Waals surface area contributed by atoms with Crippen LogP contribution in [-0.2, 0) is 14.9 Å². The van der Waals surface area contributed by atoms with Gasteiger partial charge in [0.25, 0.3) is 0 Å². The average molecular weight is 437 g/mol. The van der Waals surface area contributed by atoms with Gasteiger partial charge in [-0.2, -0.15) is 0 Å². The minimum atomic E-state index is -0.338. The lowest BCUT2D eigenvalue weighted by molar-refractivity contribution is 0.105. The number of hydrogen-bond donors (Lipinski definition) is 1. The summed E-state index contributed by atoms with van der Waals surface area (Å²) in [6.45, 7) is 6.61. The minimum absolute atomic E-state index is 0.259. The lowest BCUT2D eigenvalue weighted by Crippen LogP contribution is -2.29. The number of rotatable bonds is 10. The summed E-state index contributed by atoms with van der Waals surface area (Å²) in [6.07, 6.45) is 1.59. The molecule has 5 heteroatoms. The topological polar surface area (TPSA) is 57.2 Å². The van der Waals surface area contributed by atoms with Crippen molar-refractivity contribution >= 4 is 10.8 Å². The van der Waals surface area contributed by atoms with E-state index in [-0.39, 0.29) is 11.2 Å². The van der Waals surface area contributed by atoms with E-state index >= 15 is 0 Å². The number of ether oxygens (including phenoxy) is 4. The van der Waals surface area contributed by atoms with E-state index in [1.165, 1.54) is 11.1 Å². The van der Waals surface area contributed by atoms with Crippen molar-refractivity contribution in [3.8, 4) is 28.4 Å². The van der Waals surface area contributed by atoms with Crippen LogP contribution in [0, 0.1) is 0 Å². The van der Waals surface area contributed by atoms with Gasteiger partial charge >= 0.3 is 0 Å². The number of fused-ring (bicyclic) bond motifs is 5. The van der Waals surface area contributed by atoms with Gasteiger partial charge in [0.2, 0.25) is 0 Å². The maximum Gasteiger partial charge on any atom is 0.123 e. The largest absolute Gasteiger partial charge is 0.507 e. The molecule has 0 saturated heterocycles. The van der Waals surface area contributed by atoms with Crippen LogP contribution in [0.4, 0.5) is 0 Å². The van der Waals surface area contributed by atoms with Gasteiger partial charge in [0, 0.05) is 37.2 Å². The molecule has 32 heavy (non-hydrogen) atoms. The summed E-state index contributed by atoms with van der Waals surface area (Å²) in [5.74, 6) is 1.80. The molecule has 1 aliphatic rings. The van der Waals surface area contributed by atoms with E-state index in [1.807, 2.05) is 44.2 Å². The highest BCUT2D eigenvalue weighted by Gasteiger charge is 2.44. The summed E-state index contributed by atoms with van der Waals surface area (Å²) < 4.78 is 22.6. The van der Waals surface area contributed by atoms with Crippen molar-refractivity contribution in [1.82, 2.24) is 0 Å². The van der Waals surface area contributed by atoms with Crippen molar-refractivity contribution in [2.75, 3.05) is 40.6 Å². The van der Waals surface area contributed by atoms with Crippen LogP contribution in [0.2, 0.25) is 0 Å². The minimum Gasteiger partial charge on any atom is -0.507 e. The van der Waals surface area contributed by atoms with E-state index < -0.39 is 0 Å². The SMILES string of the molecule is CCOCCC1(CCOCC)c2cc(OC)ccc2-c2c1cc(O)c1cc(OC)ccc21. The standard InChI is InChI=1S/C27H32O5/c1-5-31-13-11-27(12-14-32-6-2)23-16-19(30-4)8-10-21(23)26-20-9-7-18(29-3)15-22(20)25(28)17-24(26)27/h7-10,15-17,28H,5-6,11-14H2,1-4H3. The van der Waals surface area contributed by atoms with E-state index in [1.54, 1.807) is 14.2 Å². The van der Waals surface area contributed by atoms with Crippen molar-refractivity contribution in [3.63, 3.8) is 0 Å². The third kappa shape index (κ3) is 3.70. The first-order valence-electron chi connectivity index (χ1n) is 11.3. The molecule has 0 saturated carbocycles. The molecule has 0 atom stereocenters.